The molecule has 1 aromatic heterocycles. The molecule has 1 atom stereocenters. The van der Waals surface area contributed by atoms with Gasteiger partial charge in [-0.25, -0.2) is 4.79 Å². The summed E-state index contributed by atoms with van der Waals surface area (Å²) in [5.74, 6) is 0.599. The molecule has 5 rings (SSSR count). The highest BCUT2D eigenvalue weighted by Gasteiger charge is 2.28. The first-order valence-corrected chi connectivity index (χ1v) is 11.8. The first-order chi connectivity index (χ1) is 16.1. The van der Waals surface area contributed by atoms with Crippen LogP contribution in [0, 0.1) is 0 Å². The summed E-state index contributed by atoms with van der Waals surface area (Å²) in [6, 6.07) is 16.6. The molecular formula is C25H30N6O2. The number of nitrogens with one attached hydrogen (secondary N) is 1. The molecule has 0 bridgehead atoms. The average molecular weight is 447 g/mol. The van der Waals surface area contributed by atoms with Gasteiger partial charge in [-0.05, 0) is 66.6 Å². The van der Waals surface area contributed by atoms with Crippen LogP contribution in [0.4, 0.5) is 10.5 Å². The topological polar surface area (TPSA) is 85.2 Å². The van der Waals surface area contributed by atoms with E-state index in [1.807, 2.05) is 12.1 Å². The number of hydrogen-bond donors (Lipinski definition) is 1. The van der Waals surface area contributed by atoms with E-state index < -0.39 is 0 Å². The normalized spacial score (nSPS) is 18.6. The molecule has 3 aromatic rings. The van der Waals surface area contributed by atoms with Gasteiger partial charge in [0.1, 0.15) is 6.10 Å². The summed E-state index contributed by atoms with van der Waals surface area (Å²) in [5, 5.41) is 15.6. The Labute approximate surface area is 193 Å². The number of aromatic nitrogens is 4. The highest BCUT2D eigenvalue weighted by molar-refractivity contribution is 5.70. The SMILES string of the molecule is Cn1nnc(-c2ccc3c(c2)CC(NC(=O)OC2CCCCC2)CN3Cc2ccccc2)n1. The van der Waals surface area contributed by atoms with Gasteiger partial charge in [0, 0.05) is 24.3 Å². The van der Waals surface area contributed by atoms with Crippen molar-refractivity contribution in [1.29, 1.82) is 0 Å². The van der Waals surface area contributed by atoms with Crippen molar-refractivity contribution >= 4 is 11.8 Å². The van der Waals surface area contributed by atoms with E-state index in [2.05, 4.69) is 62.0 Å². The van der Waals surface area contributed by atoms with Crippen LogP contribution in [0.2, 0.25) is 0 Å². The lowest BCUT2D eigenvalue weighted by molar-refractivity contribution is 0.0729. The molecule has 2 aliphatic rings. The van der Waals surface area contributed by atoms with Crippen LogP contribution in [0.5, 0.6) is 0 Å². The van der Waals surface area contributed by atoms with Gasteiger partial charge >= 0.3 is 6.09 Å². The Kier molecular flexibility index (Phi) is 6.24. The minimum atomic E-state index is -0.304. The number of nitrogens with zero attached hydrogens (tertiary/aromatic N) is 5. The molecule has 172 valence electrons. The lowest BCUT2D eigenvalue weighted by atomic mass is 9.95. The van der Waals surface area contributed by atoms with E-state index in [1.54, 1.807) is 7.05 Å². The highest BCUT2D eigenvalue weighted by Crippen LogP contribution is 2.32. The number of carbonyl (C=O) groups excluding carboxylic acids is 1. The number of fused-ring (bicyclic) bond motifs is 1. The molecule has 1 unspecified atom stereocenters. The van der Waals surface area contributed by atoms with Crippen molar-refractivity contribution in [2.75, 3.05) is 11.4 Å². The number of aryl methyl sites for hydroxylation is 1. The zero-order valence-electron chi connectivity index (χ0n) is 19.0. The average Bonchev–Trinajstić information content (AvgIpc) is 3.26. The summed E-state index contributed by atoms with van der Waals surface area (Å²) in [4.78, 5) is 16.5. The smallest absolute Gasteiger partial charge is 0.407 e. The molecule has 1 aliphatic carbocycles. The standard InChI is InChI=1S/C25H30N6O2/c1-30-28-24(27-29-30)19-12-13-23-20(14-19)15-21(17-31(23)16-18-8-4-2-5-9-18)26-25(32)33-22-10-6-3-7-11-22/h2,4-5,8-9,12-14,21-22H,3,6-7,10-11,15-17H2,1H3,(H,26,32). The second kappa shape index (κ2) is 9.60. The summed E-state index contributed by atoms with van der Waals surface area (Å²) in [5.41, 5.74) is 4.48. The van der Waals surface area contributed by atoms with Crippen LogP contribution >= 0.6 is 0 Å². The molecule has 2 heterocycles. The van der Waals surface area contributed by atoms with Crippen molar-refractivity contribution in [2.45, 2.75) is 57.2 Å². The zero-order chi connectivity index (χ0) is 22.6. The number of benzene rings is 2. The van der Waals surface area contributed by atoms with Crippen LogP contribution in [0.25, 0.3) is 11.4 Å². The van der Waals surface area contributed by atoms with Gasteiger partial charge in [-0.3, -0.25) is 0 Å². The van der Waals surface area contributed by atoms with Gasteiger partial charge in [0.2, 0.25) is 5.82 Å². The van der Waals surface area contributed by atoms with Crippen molar-refractivity contribution < 1.29 is 9.53 Å². The Bertz CT molecular complexity index is 1090. The fourth-order valence-electron chi connectivity index (χ4n) is 4.88. The van der Waals surface area contributed by atoms with Gasteiger partial charge in [0.15, 0.2) is 0 Å². The van der Waals surface area contributed by atoms with E-state index in [0.29, 0.717) is 5.82 Å². The van der Waals surface area contributed by atoms with Gasteiger partial charge < -0.3 is 15.0 Å². The maximum Gasteiger partial charge on any atom is 0.407 e. The third kappa shape index (κ3) is 5.16. The lowest BCUT2D eigenvalue weighted by Crippen LogP contribution is -2.48. The molecule has 1 aliphatic heterocycles. The Morgan fingerprint density at radius 2 is 1.94 bits per heavy atom. The molecule has 2 aromatic carbocycles. The van der Waals surface area contributed by atoms with Crippen LogP contribution in [0.15, 0.2) is 48.5 Å². The monoisotopic (exact) mass is 446 g/mol. The van der Waals surface area contributed by atoms with Crippen LogP contribution in [0.1, 0.15) is 43.2 Å². The summed E-state index contributed by atoms with van der Waals surface area (Å²) in [7, 11) is 1.76. The third-order valence-corrected chi connectivity index (χ3v) is 6.46. The summed E-state index contributed by atoms with van der Waals surface area (Å²) in [6.45, 7) is 1.50. The van der Waals surface area contributed by atoms with Crippen molar-refractivity contribution in [1.82, 2.24) is 25.5 Å². The van der Waals surface area contributed by atoms with E-state index in [1.165, 1.54) is 22.5 Å². The Morgan fingerprint density at radius 1 is 1.12 bits per heavy atom. The number of amides is 1. The van der Waals surface area contributed by atoms with Crippen LogP contribution in [-0.4, -0.2) is 45.0 Å². The Hall–Kier alpha value is -3.42. The van der Waals surface area contributed by atoms with Gasteiger partial charge in [-0.2, -0.15) is 4.80 Å². The van der Waals surface area contributed by atoms with Gasteiger partial charge in [0.25, 0.3) is 0 Å². The molecule has 1 N–H and O–H groups in total. The van der Waals surface area contributed by atoms with Gasteiger partial charge in [-0.15, -0.1) is 10.2 Å². The number of carbonyl (C=O) groups is 1. The summed E-state index contributed by atoms with van der Waals surface area (Å²) >= 11 is 0. The molecule has 1 fully saturated rings. The number of hydrogen-bond acceptors (Lipinski definition) is 6. The number of tetrazole rings is 1. The second-order valence-corrected chi connectivity index (χ2v) is 9.02. The Balaban J connectivity index is 1.36. The molecule has 0 spiro atoms. The molecule has 1 saturated carbocycles. The molecule has 8 nitrogen and oxygen atoms in total. The maximum absolute atomic E-state index is 12.7. The van der Waals surface area contributed by atoms with Crippen LogP contribution in [-0.2, 0) is 24.8 Å². The molecule has 8 heteroatoms. The predicted octanol–water partition coefficient (Wildman–Crippen LogP) is 3.87. The van der Waals surface area contributed by atoms with Crippen molar-refractivity contribution in [2.24, 2.45) is 7.05 Å². The number of ether oxygens (including phenoxy) is 1. The third-order valence-electron chi connectivity index (χ3n) is 6.46. The van der Waals surface area contributed by atoms with E-state index in [4.69, 9.17) is 4.74 Å². The summed E-state index contributed by atoms with van der Waals surface area (Å²) < 4.78 is 5.73. The minimum absolute atomic E-state index is 0.0395. The first kappa shape index (κ1) is 21.4. The van der Waals surface area contributed by atoms with Crippen LogP contribution in [0.3, 0.4) is 0 Å². The largest absolute Gasteiger partial charge is 0.446 e. The van der Waals surface area contributed by atoms with Crippen LogP contribution < -0.4 is 10.2 Å². The van der Waals surface area contributed by atoms with Crippen molar-refractivity contribution in [3.8, 4) is 11.4 Å². The highest BCUT2D eigenvalue weighted by atomic mass is 16.6. The lowest BCUT2D eigenvalue weighted by Gasteiger charge is -2.37. The fraction of sp³-hybridized carbons (Fsp3) is 0.440. The predicted molar refractivity (Wildman–Crippen MR) is 126 cm³/mol. The van der Waals surface area contributed by atoms with Crippen molar-refractivity contribution in [3.63, 3.8) is 0 Å². The van der Waals surface area contributed by atoms with Gasteiger partial charge in [0.05, 0.1) is 13.1 Å². The number of anilines is 1. The van der Waals surface area contributed by atoms with E-state index in [-0.39, 0.29) is 18.2 Å². The summed E-state index contributed by atoms with van der Waals surface area (Å²) in [6.07, 6.45) is 5.92. The zero-order valence-corrected chi connectivity index (χ0v) is 19.0. The molecule has 0 radical (unpaired) electrons. The number of alkyl carbamates (subject to hydrolysis) is 1. The molecule has 1 amide bonds. The van der Waals surface area contributed by atoms with E-state index in [0.717, 1.165) is 56.3 Å². The second-order valence-electron chi connectivity index (χ2n) is 9.02. The van der Waals surface area contributed by atoms with E-state index >= 15 is 0 Å². The number of rotatable bonds is 5. The molecule has 0 saturated heterocycles. The first-order valence-electron chi connectivity index (χ1n) is 11.8. The quantitative estimate of drug-likeness (QED) is 0.641. The van der Waals surface area contributed by atoms with Gasteiger partial charge in [-0.1, -0.05) is 36.8 Å². The maximum atomic E-state index is 12.7. The van der Waals surface area contributed by atoms with Crippen molar-refractivity contribution in [3.05, 3.63) is 59.7 Å². The fourth-order valence-corrected chi connectivity index (χ4v) is 4.88. The Morgan fingerprint density at radius 3 is 2.70 bits per heavy atom. The molecular weight excluding hydrogens is 416 g/mol. The van der Waals surface area contributed by atoms with E-state index in [9.17, 15) is 4.79 Å². The molecule has 33 heavy (non-hydrogen) atoms. The minimum Gasteiger partial charge on any atom is -0.446 e.